The van der Waals surface area contributed by atoms with Crippen molar-refractivity contribution < 1.29 is 9.90 Å². The molecule has 1 amide bonds. The van der Waals surface area contributed by atoms with E-state index < -0.39 is 0 Å². The fraction of sp³-hybridized carbons (Fsp3) is 0.833. The van der Waals surface area contributed by atoms with E-state index in [9.17, 15) is 9.90 Å². The van der Waals surface area contributed by atoms with Gasteiger partial charge in [0.25, 0.3) is 0 Å². The Kier molecular flexibility index (Phi) is 3.30. The lowest BCUT2D eigenvalue weighted by molar-refractivity contribution is -0.120. The number of carbonyl (C=O) groups excluding carboxylic acids is 1. The number of aliphatic hydroxyl groups excluding tert-OH is 1. The Balaban J connectivity index is 1.82. The molecule has 2 bridgehead atoms. The molecule has 122 valence electrons. The maximum atomic E-state index is 11.7. The Labute approximate surface area is 132 Å². The first-order valence-corrected chi connectivity index (χ1v) is 8.96. The molecule has 0 unspecified atom stereocenters. The standard InChI is InChI=1S/C18H28N2O2/c1-11-9-16-18-6-4-8-20(16)7-3-5-13(18)15(19-12(2)21)10-14(18)17(11)22/h9,11,13-15,17,22H,3-8,10H2,1-2H3,(H,19,21)/t11-,13+,14+,15-,17-,18+/m0/s1. The Morgan fingerprint density at radius 2 is 2.14 bits per heavy atom. The van der Waals surface area contributed by atoms with Crippen LogP contribution in [0.2, 0.25) is 0 Å². The predicted molar refractivity (Wildman–Crippen MR) is 84.9 cm³/mol. The number of rotatable bonds is 1. The first kappa shape index (κ1) is 14.6. The van der Waals surface area contributed by atoms with Gasteiger partial charge in [-0.2, -0.15) is 0 Å². The number of nitrogens with one attached hydrogen (secondary N) is 1. The molecule has 4 rings (SSSR count). The zero-order valence-electron chi connectivity index (χ0n) is 13.7. The van der Waals surface area contributed by atoms with Crippen LogP contribution in [-0.2, 0) is 4.79 Å². The smallest absolute Gasteiger partial charge is 0.217 e. The molecule has 0 radical (unpaired) electrons. The Hall–Kier alpha value is -1.03. The molecule has 1 spiro atoms. The van der Waals surface area contributed by atoms with Crippen LogP contribution in [0.25, 0.3) is 0 Å². The van der Waals surface area contributed by atoms with Gasteiger partial charge in [0.2, 0.25) is 5.91 Å². The normalized spacial score (nSPS) is 46.6. The zero-order valence-corrected chi connectivity index (χ0v) is 13.7. The van der Waals surface area contributed by atoms with Gasteiger partial charge in [-0.05, 0) is 43.9 Å². The molecule has 6 atom stereocenters. The molecule has 2 saturated heterocycles. The van der Waals surface area contributed by atoms with Crippen molar-refractivity contribution in [3.05, 3.63) is 11.8 Å². The minimum Gasteiger partial charge on any atom is -0.392 e. The topological polar surface area (TPSA) is 52.6 Å². The molecule has 0 aromatic carbocycles. The van der Waals surface area contributed by atoms with Gasteiger partial charge in [-0.15, -0.1) is 0 Å². The minimum atomic E-state index is -0.261. The van der Waals surface area contributed by atoms with Crippen molar-refractivity contribution in [3.8, 4) is 0 Å². The second-order valence-corrected chi connectivity index (χ2v) is 7.93. The molecule has 2 N–H and O–H groups in total. The Morgan fingerprint density at radius 1 is 1.36 bits per heavy atom. The lowest BCUT2D eigenvalue weighted by Crippen LogP contribution is -2.52. The molecular weight excluding hydrogens is 276 g/mol. The lowest BCUT2D eigenvalue weighted by atomic mass is 9.58. The van der Waals surface area contributed by atoms with Crippen molar-refractivity contribution in [3.63, 3.8) is 0 Å². The van der Waals surface area contributed by atoms with E-state index in [4.69, 9.17) is 0 Å². The highest BCUT2D eigenvalue weighted by atomic mass is 16.3. The van der Waals surface area contributed by atoms with Crippen molar-refractivity contribution in [2.45, 2.75) is 58.1 Å². The van der Waals surface area contributed by atoms with E-state index >= 15 is 0 Å². The third kappa shape index (κ3) is 1.82. The van der Waals surface area contributed by atoms with Crippen LogP contribution < -0.4 is 5.32 Å². The molecule has 2 aliphatic carbocycles. The minimum absolute atomic E-state index is 0.0741. The van der Waals surface area contributed by atoms with Crippen molar-refractivity contribution in [1.29, 1.82) is 0 Å². The Bertz CT molecular complexity index is 517. The van der Waals surface area contributed by atoms with Gasteiger partial charge in [0.05, 0.1) is 6.10 Å². The van der Waals surface area contributed by atoms with Crippen LogP contribution in [0.3, 0.4) is 0 Å². The summed E-state index contributed by atoms with van der Waals surface area (Å²) in [4.78, 5) is 14.3. The maximum absolute atomic E-state index is 11.7. The van der Waals surface area contributed by atoms with Gasteiger partial charge in [0.15, 0.2) is 0 Å². The number of hydrogen-bond donors (Lipinski definition) is 2. The third-order valence-corrected chi connectivity index (χ3v) is 6.86. The molecule has 0 aromatic rings. The fourth-order valence-electron chi connectivity index (χ4n) is 6.17. The van der Waals surface area contributed by atoms with Crippen molar-refractivity contribution in [1.82, 2.24) is 10.2 Å². The van der Waals surface area contributed by atoms with Crippen LogP contribution in [0.15, 0.2) is 11.8 Å². The van der Waals surface area contributed by atoms with Gasteiger partial charge in [-0.3, -0.25) is 4.79 Å². The van der Waals surface area contributed by atoms with Crippen LogP contribution in [0.4, 0.5) is 0 Å². The second kappa shape index (κ2) is 4.98. The third-order valence-electron chi connectivity index (χ3n) is 6.86. The average Bonchev–Trinajstić information content (AvgIpc) is 2.71. The average molecular weight is 304 g/mol. The summed E-state index contributed by atoms with van der Waals surface area (Å²) < 4.78 is 0. The highest BCUT2D eigenvalue weighted by molar-refractivity contribution is 5.73. The first-order chi connectivity index (χ1) is 10.5. The van der Waals surface area contributed by atoms with E-state index in [0.717, 1.165) is 13.0 Å². The van der Waals surface area contributed by atoms with Crippen LogP contribution >= 0.6 is 0 Å². The molecule has 4 aliphatic rings. The monoisotopic (exact) mass is 304 g/mol. The summed E-state index contributed by atoms with van der Waals surface area (Å²) in [7, 11) is 0. The molecule has 0 aromatic heterocycles. The van der Waals surface area contributed by atoms with E-state index in [0.29, 0.717) is 11.8 Å². The van der Waals surface area contributed by atoms with Crippen molar-refractivity contribution in [2.24, 2.45) is 23.2 Å². The number of hydrogen-bond acceptors (Lipinski definition) is 3. The van der Waals surface area contributed by atoms with Crippen LogP contribution in [0, 0.1) is 23.2 Å². The summed E-state index contributed by atoms with van der Waals surface area (Å²) in [6.45, 7) is 6.08. The van der Waals surface area contributed by atoms with Crippen LogP contribution in [0.5, 0.6) is 0 Å². The summed E-state index contributed by atoms with van der Waals surface area (Å²) in [5.74, 6) is 1.11. The summed E-state index contributed by atoms with van der Waals surface area (Å²) in [5, 5.41) is 14.1. The molecule has 4 heteroatoms. The second-order valence-electron chi connectivity index (χ2n) is 7.93. The highest BCUT2D eigenvalue weighted by Crippen LogP contribution is 2.64. The van der Waals surface area contributed by atoms with Gasteiger partial charge >= 0.3 is 0 Å². The van der Waals surface area contributed by atoms with E-state index in [1.54, 1.807) is 6.92 Å². The van der Waals surface area contributed by atoms with Gasteiger partial charge in [0, 0.05) is 43.1 Å². The van der Waals surface area contributed by atoms with Gasteiger partial charge < -0.3 is 15.3 Å². The molecule has 2 heterocycles. The summed E-state index contributed by atoms with van der Waals surface area (Å²) >= 11 is 0. The fourth-order valence-corrected chi connectivity index (χ4v) is 6.17. The summed E-state index contributed by atoms with van der Waals surface area (Å²) in [6.07, 6.45) is 7.83. The van der Waals surface area contributed by atoms with Crippen molar-refractivity contribution >= 4 is 5.91 Å². The van der Waals surface area contributed by atoms with E-state index in [2.05, 4.69) is 23.2 Å². The zero-order chi connectivity index (χ0) is 15.5. The molecule has 4 nitrogen and oxygen atoms in total. The van der Waals surface area contributed by atoms with E-state index in [1.165, 1.54) is 37.9 Å². The Morgan fingerprint density at radius 3 is 2.91 bits per heavy atom. The molecular formula is C18H28N2O2. The number of carbonyl (C=O) groups is 1. The van der Waals surface area contributed by atoms with Gasteiger partial charge in [0.1, 0.15) is 0 Å². The lowest BCUT2D eigenvalue weighted by Gasteiger charge is -2.53. The van der Waals surface area contributed by atoms with E-state index in [-0.39, 0.29) is 29.4 Å². The summed E-state index contributed by atoms with van der Waals surface area (Å²) in [6, 6.07) is 0.240. The molecule has 3 fully saturated rings. The van der Waals surface area contributed by atoms with Gasteiger partial charge in [-0.1, -0.05) is 13.0 Å². The quantitative estimate of drug-likeness (QED) is 0.778. The predicted octanol–water partition coefficient (Wildman–Crippen LogP) is 1.90. The van der Waals surface area contributed by atoms with Crippen molar-refractivity contribution in [2.75, 3.05) is 13.1 Å². The number of piperidine rings is 1. The van der Waals surface area contributed by atoms with Gasteiger partial charge in [-0.25, -0.2) is 0 Å². The molecule has 2 aliphatic heterocycles. The SMILES string of the molecule is CC(=O)N[C@H]1C[C@@H]2[C@@H](O)[C@@H](C)C=C3N4CCC[C@H]1[C@@]32CCC4. The molecule has 1 saturated carbocycles. The summed E-state index contributed by atoms with van der Waals surface area (Å²) in [5.41, 5.74) is 1.63. The van der Waals surface area contributed by atoms with E-state index in [1.807, 2.05) is 0 Å². The first-order valence-electron chi connectivity index (χ1n) is 8.96. The number of allylic oxidation sites excluding steroid dienone is 1. The largest absolute Gasteiger partial charge is 0.392 e. The van der Waals surface area contributed by atoms with Crippen LogP contribution in [0.1, 0.15) is 46.0 Å². The maximum Gasteiger partial charge on any atom is 0.217 e. The highest BCUT2D eigenvalue weighted by Gasteiger charge is 2.63. The number of amides is 1. The molecule has 22 heavy (non-hydrogen) atoms. The van der Waals surface area contributed by atoms with Crippen LogP contribution in [-0.4, -0.2) is 41.1 Å². The number of aliphatic hydroxyl groups is 1. The number of nitrogens with zero attached hydrogens (tertiary/aromatic N) is 1.